The number of piperidine rings is 1. The molecular formula is C31H45N5O3. The SMILES string of the molecule is Cc1nc2cccc(NCCCCCCCN[C@H]3C[C@H]4CC[C@]3(C)C4(C)C)c2c(=O)n1C1CCC(=O)NC1=O. The summed E-state index contributed by atoms with van der Waals surface area (Å²) in [6, 6.07) is 5.59. The topological polar surface area (TPSA) is 105 Å². The number of imide groups is 1. The fraction of sp³-hybridized carbons (Fsp3) is 0.677. The first kappa shape index (κ1) is 27.8. The summed E-state index contributed by atoms with van der Waals surface area (Å²) in [7, 11) is 0. The highest BCUT2D eigenvalue weighted by Gasteiger charge is 2.60. The van der Waals surface area contributed by atoms with Gasteiger partial charge in [0.1, 0.15) is 11.9 Å². The molecule has 8 nitrogen and oxygen atoms in total. The minimum atomic E-state index is -0.715. The minimum absolute atomic E-state index is 0.217. The first-order chi connectivity index (χ1) is 18.6. The van der Waals surface area contributed by atoms with Crippen molar-refractivity contribution in [2.24, 2.45) is 16.7 Å². The van der Waals surface area contributed by atoms with Gasteiger partial charge in [-0.3, -0.25) is 24.3 Å². The number of unbranched alkanes of at least 4 members (excludes halogenated alkanes) is 4. The standard InChI is InChI=1S/C31H45N5O3/c1-20-34-23-12-10-11-22(27(23)29(39)36(20)24-13-14-26(37)35-28(24)38)32-17-8-6-5-7-9-18-33-25-19-21-15-16-31(25,4)30(21,2)3/h10-12,21,24-25,32-33H,5-9,13-19H2,1-4H3,(H,35,37,38)/t21-,24?,25+,31+/m1/s1. The van der Waals surface area contributed by atoms with E-state index in [2.05, 4.69) is 41.7 Å². The lowest BCUT2D eigenvalue weighted by molar-refractivity contribution is -0.135. The highest BCUT2D eigenvalue weighted by atomic mass is 16.2. The summed E-state index contributed by atoms with van der Waals surface area (Å²) in [5, 5.41) is 10.2. The number of anilines is 1. The van der Waals surface area contributed by atoms with Crippen molar-refractivity contribution in [3.63, 3.8) is 0 Å². The molecule has 2 amide bonds. The van der Waals surface area contributed by atoms with E-state index in [0.717, 1.165) is 37.5 Å². The van der Waals surface area contributed by atoms with Gasteiger partial charge in [0, 0.05) is 24.7 Å². The lowest BCUT2D eigenvalue weighted by Crippen LogP contribution is -2.45. The maximum Gasteiger partial charge on any atom is 0.264 e. The number of nitrogens with zero attached hydrogens (tertiary/aromatic N) is 2. The van der Waals surface area contributed by atoms with Crippen LogP contribution in [0.4, 0.5) is 5.69 Å². The van der Waals surface area contributed by atoms with Crippen LogP contribution in [0.25, 0.3) is 10.9 Å². The first-order valence-corrected chi connectivity index (χ1v) is 15.0. The molecule has 39 heavy (non-hydrogen) atoms. The largest absolute Gasteiger partial charge is 0.384 e. The van der Waals surface area contributed by atoms with Crippen LogP contribution in [-0.4, -0.2) is 40.5 Å². The van der Waals surface area contributed by atoms with Crippen molar-refractivity contribution in [2.45, 2.75) is 104 Å². The zero-order valence-corrected chi connectivity index (χ0v) is 24.1. The molecule has 1 saturated heterocycles. The molecule has 2 aliphatic carbocycles. The van der Waals surface area contributed by atoms with Crippen LogP contribution in [0.3, 0.4) is 0 Å². The second-order valence-corrected chi connectivity index (χ2v) is 12.8. The highest BCUT2D eigenvalue weighted by molar-refractivity contribution is 5.99. The Morgan fingerprint density at radius 3 is 2.46 bits per heavy atom. The molecular weight excluding hydrogens is 490 g/mol. The summed E-state index contributed by atoms with van der Waals surface area (Å²) < 4.78 is 1.45. The van der Waals surface area contributed by atoms with Gasteiger partial charge >= 0.3 is 0 Å². The average Bonchev–Trinajstić information content (AvgIpc) is 3.22. The van der Waals surface area contributed by atoms with E-state index in [4.69, 9.17) is 0 Å². The van der Waals surface area contributed by atoms with Crippen LogP contribution >= 0.6 is 0 Å². The maximum atomic E-state index is 13.5. The van der Waals surface area contributed by atoms with E-state index in [9.17, 15) is 14.4 Å². The molecule has 3 fully saturated rings. The molecule has 1 aliphatic heterocycles. The zero-order valence-electron chi connectivity index (χ0n) is 24.1. The Bertz CT molecular complexity index is 1300. The molecule has 2 bridgehead atoms. The fourth-order valence-corrected chi connectivity index (χ4v) is 7.59. The van der Waals surface area contributed by atoms with Crippen LogP contribution < -0.4 is 21.5 Å². The third-order valence-corrected chi connectivity index (χ3v) is 10.5. The van der Waals surface area contributed by atoms with E-state index < -0.39 is 11.9 Å². The van der Waals surface area contributed by atoms with E-state index >= 15 is 0 Å². The first-order valence-electron chi connectivity index (χ1n) is 15.0. The Morgan fingerprint density at radius 1 is 1.03 bits per heavy atom. The number of nitrogens with one attached hydrogen (secondary N) is 3. The van der Waals surface area contributed by atoms with Gasteiger partial charge in [-0.2, -0.15) is 0 Å². The highest BCUT2D eigenvalue weighted by Crippen LogP contribution is 2.65. The molecule has 5 rings (SSSR count). The normalized spacial score (nSPS) is 27.7. The second-order valence-electron chi connectivity index (χ2n) is 12.8. The summed E-state index contributed by atoms with van der Waals surface area (Å²) in [5.41, 5.74) is 2.04. The third kappa shape index (κ3) is 5.12. The Labute approximate surface area is 231 Å². The van der Waals surface area contributed by atoms with Gasteiger partial charge in [0.15, 0.2) is 0 Å². The Kier molecular flexibility index (Phi) is 7.86. The van der Waals surface area contributed by atoms with E-state index in [0.29, 0.717) is 40.0 Å². The quantitative estimate of drug-likeness (QED) is 0.281. The maximum absolute atomic E-state index is 13.5. The lowest BCUT2D eigenvalue weighted by Gasteiger charge is -2.39. The smallest absolute Gasteiger partial charge is 0.264 e. The van der Waals surface area contributed by atoms with E-state index in [1.54, 1.807) is 6.92 Å². The zero-order chi connectivity index (χ0) is 27.8. The predicted octanol–water partition coefficient (Wildman–Crippen LogP) is 4.85. The van der Waals surface area contributed by atoms with Gasteiger partial charge in [0.05, 0.1) is 10.9 Å². The molecule has 0 radical (unpaired) electrons. The van der Waals surface area contributed by atoms with E-state index in [1.165, 1.54) is 43.1 Å². The Morgan fingerprint density at radius 2 is 1.77 bits per heavy atom. The molecule has 0 spiro atoms. The molecule has 2 saturated carbocycles. The number of aromatic nitrogens is 2. The molecule has 1 aromatic carbocycles. The number of fused-ring (bicyclic) bond motifs is 3. The number of benzene rings is 1. The Hall–Kier alpha value is -2.74. The van der Waals surface area contributed by atoms with Crippen molar-refractivity contribution in [2.75, 3.05) is 18.4 Å². The summed E-state index contributed by atoms with van der Waals surface area (Å²) in [4.78, 5) is 42.2. The molecule has 2 aromatic rings. The van der Waals surface area contributed by atoms with Crippen molar-refractivity contribution < 1.29 is 9.59 Å². The van der Waals surface area contributed by atoms with E-state index in [-0.39, 0.29) is 17.9 Å². The van der Waals surface area contributed by atoms with Crippen molar-refractivity contribution in [1.82, 2.24) is 20.2 Å². The molecule has 212 valence electrons. The van der Waals surface area contributed by atoms with Crippen LogP contribution in [0.5, 0.6) is 0 Å². The summed E-state index contributed by atoms with van der Waals surface area (Å²) in [6.07, 6.45) is 10.5. The number of carbonyl (C=O) groups excluding carboxylic acids is 2. The monoisotopic (exact) mass is 535 g/mol. The van der Waals surface area contributed by atoms with E-state index in [1.807, 2.05) is 18.2 Å². The molecule has 4 atom stereocenters. The third-order valence-electron chi connectivity index (χ3n) is 10.5. The number of aryl methyl sites for hydroxylation is 1. The van der Waals surface area contributed by atoms with Gasteiger partial charge in [0.2, 0.25) is 11.8 Å². The van der Waals surface area contributed by atoms with Crippen molar-refractivity contribution in [3.8, 4) is 0 Å². The molecule has 2 heterocycles. The fourth-order valence-electron chi connectivity index (χ4n) is 7.59. The van der Waals surface area contributed by atoms with Crippen LogP contribution in [0.1, 0.15) is 96.8 Å². The summed E-state index contributed by atoms with van der Waals surface area (Å²) in [6.45, 7) is 11.1. The van der Waals surface area contributed by atoms with Crippen molar-refractivity contribution in [1.29, 1.82) is 0 Å². The van der Waals surface area contributed by atoms with Crippen LogP contribution in [0.15, 0.2) is 23.0 Å². The van der Waals surface area contributed by atoms with Gasteiger partial charge in [-0.25, -0.2) is 4.98 Å². The number of hydrogen-bond acceptors (Lipinski definition) is 6. The average molecular weight is 536 g/mol. The molecule has 3 N–H and O–H groups in total. The van der Waals surface area contributed by atoms with Crippen LogP contribution in [0, 0.1) is 23.7 Å². The number of hydrogen-bond donors (Lipinski definition) is 3. The van der Waals surface area contributed by atoms with Gasteiger partial charge < -0.3 is 10.6 Å². The second kappa shape index (κ2) is 11.0. The predicted molar refractivity (Wildman–Crippen MR) is 155 cm³/mol. The molecule has 8 heteroatoms. The van der Waals surface area contributed by atoms with Gasteiger partial charge in [-0.15, -0.1) is 0 Å². The van der Waals surface area contributed by atoms with Crippen molar-refractivity contribution in [3.05, 3.63) is 34.4 Å². The van der Waals surface area contributed by atoms with Crippen LogP contribution in [0.2, 0.25) is 0 Å². The minimum Gasteiger partial charge on any atom is -0.384 e. The molecule has 1 aromatic heterocycles. The van der Waals surface area contributed by atoms with Crippen molar-refractivity contribution >= 4 is 28.4 Å². The van der Waals surface area contributed by atoms with Gasteiger partial charge in [0.25, 0.3) is 5.56 Å². The van der Waals surface area contributed by atoms with Gasteiger partial charge in [-0.1, -0.05) is 46.1 Å². The summed E-state index contributed by atoms with van der Waals surface area (Å²) in [5.74, 6) is 0.626. The lowest BCUT2D eigenvalue weighted by atomic mass is 9.69. The number of amides is 2. The Balaban J connectivity index is 1.09. The summed E-state index contributed by atoms with van der Waals surface area (Å²) >= 11 is 0. The molecule has 1 unspecified atom stereocenters. The van der Waals surface area contributed by atoms with Crippen LogP contribution in [-0.2, 0) is 9.59 Å². The number of carbonyl (C=O) groups is 2. The molecule has 3 aliphatic rings. The number of rotatable bonds is 11. The van der Waals surface area contributed by atoms with Gasteiger partial charge in [-0.05, 0) is 80.9 Å².